The zero-order valence-corrected chi connectivity index (χ0v) is 10.2. The summed E-state index contributed by atoms with van der Waals surface area (Å²) in [6.45, 7) is 3.39. The van der Waals surface area contributed by atoms with Crippen molar-refractivity contribution >= 4 is 5.91 Å². The summed E-state index contributed by atoms with van der Waals surface area (Å²) in [5, 5.41) is 9.80. The third kappa shape index (κ3) is 2.67. The first-order chi connectivity index (χ1) is 8.22. The molecule has 1 amide bonds. The first kappa shape index (κ1) is 12.1. The lowest BCUT2D eigenvalue weighted by atomic mass is 9.92. The van der Waals surface area contributed by atoms with E-state index in [0.717, 1.165) is 12.0 Å². The molecule has 1 N–H and O–H groups in total. The first-order valence-corrected chi connectivity index (χ1v) is 6.24. The van der Waals surface area contributed by atoms with E-state index in [1.54, 1.807) is 0 Å². The standard InChI is InChI=1S/C14H19NO2/c1-2-11-10-15(9-8-13(11)16)14(17)12-6-4-3-5-7-12/h3-7,11,13,16H,2,8-10H2,1H3. The molecule has 1 heterocycles. The molecule has 17 heavy (non-hydrogen) atoms. The molecular formula is C14H19NO2. The molecule has 0 aromatic heterocycles. The van der Waals surface area contributed by atoms with Crippen LogP contribution in [0.1, 0.15) is 30.1 Å². The van der Waals surface area contributed by atoms with Crippen molar-refractivity contribution in [3.63, 3.8) is 0 Å². The van der Waals surface area contributed by atoms with Gasteiger partial charge in [-0.2, -0.15) is 0 Å². The van der Waals surface area contributed by atoms with Gasteiger partial charge in [0.15, 0.2) is 0 Å². The van der Waals surface area contributed by atoms with Crippen LogP contribution in [0.15, 0.2) is 30.3 Å². The summed E-state index contributed by atoms with van der Waals surface area (Å²) in [6, 6.07) is 9.35. The van der Waals surface area contributed by atoms with Crippen LogP contribution in [-0.2, 0) is 0 Å². The summed E-state index contributed by atoms with van der Waals surface area (Å²) in [6.07, 6.45) is 1.36. The lowest BCUT2D eigenvalue weighted by Crippen LogP contribution is -2.45. The number of benzene rings is 1. The lowest BCUT2D eigenvalue weighted by Gasteiger charge is -2.35. The molecule has 3 nitrogen and oxygen atoms in total. The number of nitrogens with zero attached hydrogens (tertiary/aromatic N) is 1. The van der Waals surface area contributed by atoms with Crippen molar-refractivity contribution in [1.29, 1.82) is 0 Å². The summed E-state index contributed by atoms with van der Waals surface area (Å²) < 4.78 is 0. The molecule has 1 fully saturated rings. The molecule has 1 aromatic rings. The van der Waals surface area contributed by atoms with Crippen molar-refractivity contribution in [3.05, 3.63) is 35.9 Å². The molecular weight excluding hydrogens is 214 g/mol. The second-order valence-electron chi connectivity index (χ2n) is 4.64. The van der Waals surface area contributed by atoms with Gasteiger partial charge in [-0.25, -0.2) is 0 Å². The molecule has 0 radical (unpaired) electrons. The average Bonchev–Trinajstić information content (AvgIpc) is 2.39. The van der Waals surface area contributed by atoms with Crippen LogP contribution in [0.2, 0.25) is 0 Å². The quantitative estimate of drug-likeness (QED) is 0.847. The van der Waals surface area contributed by atoms with E-state index in [1.165, 1.54) is 0 Å². The highest BCUT2D eigenvalue weighted by Gasteiger charge is 2.29. The lowest BCUT2D eigenvalue weighted by molar-refractivity contribution is 0.0229. The van der Waals surface area contributed by atoms with E-state index in [4.69, 9.17) is 0 Å². The fourth-order valence-corrected chi connectivity index (χ4v) is 2.37. The van der Waals surface area contributed by atoms with Crippen LogP contribution in [-0.4, -0.2) is 35.1 Å². The van der Waals surface area contributed by atoms with Gasteiger partial charge in [0, 0.05) is 24.6 Å². The Balaban J connectivity index is 2.06. The van der Waals surface area contributed by atoms with E-state index in [-0.39, 0.29) is 17.9 Å². The molecule has 2 atom stereocenters. The van der Waals surface area contributed by atoms with Gasteiger partial charge < -0.3 is 10.0 Å². The predicted molar refractivity (Wildman–Crippen MR) is 66.8 cm³/mol. The van der Waals surface area contributed by atoms with Gasteiger partial charge in [-0.05, 0) is 25.0 Å². The maximum absolute atomic E-state index is 12.2. The maximum Gasteiger partial charge on any atom is 0.253 e. The van der Waals surface area contributed by atoms with Crippen LogP contribution in [0.3, 0.4) is 0 Å². The molecule has 2 rings (SSSR count). The smallest absolute Gasteiger partial charge is 0.253 e. The number of rotatable bonds is 2. The molecule has 0 aliphatic carbocycles. The third-order valence-corrected chi connectivity index (χ3v) is 3.53. The summed E-state index contributed by atoms with van der Waals surface area (Å²) in [7, 11) is 0. The SMILES string of the molecule is CCC1CN(C(=O)c2ccccc2)CCC1O. The Morgan fingerprint density at radius 2 is 2.12 bits per heavy atom. The van der Waals surface area contributed by atoms with Gasteiger partial charge in [0.25, 0.3) is 5.91 Å². The van der Waals surface area contributed by atoms with Gasteiger partial charge in [-0.3, -0.25) is 4.79 Å². The van der Waals surface area contributed by atoms with Crippen molar-refractivity contribution < 1.29 is 9.90 Å². The van der Waals surface area contributed by atoms with E-state index in [0.29, 0.717) is 19.5 Å². The average molecular weight is 233 g/mol. The van der Waals surface area contributed by atoms with Crippen LogP contribution in [0.25, 0.3) is 0 Å². The fourth-order valence-electron chi connectivity index (χ4n) is 2.37. The van der Waals surface area contributed by atoms with Crippen LogP contribution in [0.5, 0.6) is 0 Å². The highest BCUT2D eigenvalue weighted by atomic mass is 16.3. The Bertz CT molecular complexity index is 377. The molecule has 1 aromatic carbocycles. The normalized spacial score (nSPS) is 24.7. The van der Waals surface area contributed by atoms with Gasteiger partial charge in [0.05, 0.1) is 6.10 Å². The minimum atomic E-state index is -0.250. The van der Waals surface area contributed by atoms with Crippen LogP contribution in [0, 0.1) is 5.92 Å². The van der Waals surface area contributed by atoms with Crippen molar-refractivity contribution in [3.8, 4) is 0 Å². The second-order valence-corrected chi connectivity index (χ2v) is 4.64. The highest BCUT2D eigenvalue weighted by molar-refractivity contribution is 5.94. The summed E-state index contributed by atoms with van der Waals surface area (Å²) >= 11 is 0. The second kappa shape index (κ2) is 5.32. The Kier molecular flexibility index (Phi) is 3.79. The number of hydrogen-bond acceptors (Lipinski definition) is 2. The number of carbonyl (C=O) groups is 1. The molecule has 2 unspecified atom stereocenters. The first-order valence-electron chi connectivity index (χ1n) is 6.24. The van der Waals surface area contributed by atoms with Crippen LogP contribution in [0.4, 0.5) is 0 Å². The number of aliphatic hydroxyl groups is 1. The molecule has 1 aliphatic rings. The van der Waals surface area contributed by atoms with Gasteiger partial charge in [0.1, 0.15) is 0 Å². The fraction of sp³-hybridized carbons (Fsp3) is 0.500. The number of piperidine rings is 1. The molecule has 92 valence electrons. The van der Waals surface area contributed by atoms with E-state index < -0.39 is 0 Å². The molecule has 0 spiro atoms. The van der Waals surface area contributed by atoms with Crippen LogP contribution < -0.4 is 0 Å². The highest BCUT2D eigenvalue weighted by Crippen LogP contribution is 2.21. The zero-order chi connectivity index (χ0) is 12.3. The van der Waals surface area contributed by atoms with E-state index in [2.05, 4.69) is 6.92 Å². The largest absolute Gasteiger partial charge is 0.393 e. The molecule has 0 bridgehead atoms. The van der Waals surface area contributed by atoms with E-state index in [9.17, 15) is 9.90 Å². The minimum absolute atomic E-state index is 0.0796. The Morgan fingerprint density at radius 3 is 2.76 bits per heavy atom. The van der Waals surface area contributed by atoms with Gasteiger partial charge in [-0.1, -0.05) is 25.1 Å². The Morgan fingerprint density at radius 1 is 1.41 bits per heavy atom. The summed E-state index contributed by atoms with van der Waals surface area (Å²) in [5.74, 6) is 0.298. The maximum atomic E-state index is 12.2. The minimum Gasteiger partial charge on any atom is -0.393 e. The van der Waals surface area contributed by atoms with E-state index in [1.807, 2.05) is 35.2 Å². The topological polar surface area (TPSA) is 40.5 Å². The number of aliphatic hydroxyl groups excluding tert-OH is 1. The zero-order valence-electron chi connectivity index (χ0n) is 10.2. The van der Waals surface area contributed by atoms with Crippen molar-refractivity contribution in [1.82, 2.24) is 4.90 Å². The summed E-state index contributed by atoms with van der Waals surface area (Å²) in [4.78, 5) is 14.1. The van der Waals surface area contributed by atoms with Crippen LogP contribution >= 0.6 is 0 Å². The van der Waals surface area contributed by atoms with Gasteiger partial charge >= 0.3 is 0 Å². The molecule has 0 saturated carbocycles. The van der Waals surface area contributed by atoms with E-state index >= 15 is 0 Å². The number of carbonyl (C=O) groups excluding carboxylic acids is 1. The summed E-state index contributed by atoms with van der Waals surface area (Å²) in [5.41, 5.74) is 0.735. The Hall–Kier alpha value is -1.35. The van der Waals surface area contributed by atoms with Gasteiger partial charge in [-0.15, -0.1) is 0 Å². The van der Waals surface area contributed by atoms with Crippen molar-refractivity contribution in [2.45, 2.75) is 25.9 Å². The monoisotopic (exact) mass is 233 g/mol. The number of hydrogen-bond donors (Lipinski definition) is 1. The number of likely N-dealkylation sites (tertiary alicyclic amines) is 1. The number of amides is 1. The van der Waals surface area contributed by atoms with Crippen molar-refractivity contribution in [2.75, 3.05) is 13.1 Å². The van der Waals surface area contributed by atoms with Crippen molar-refractivity contribution in [2.24, 2.45) is 5.92 Å². The Labute approximate surface area is 102 Å². The molecule has 1 aliphatic heterocycles. The predicted octanol–water partition coefficient (Wildman–Crippen LogP) is 1.92. The van der Waals surface area contributed by atoms with Gasteiger partial charge in [0.2, 0.25) is 0 Å². The molecule has 3 heteroatoms. The third-order valence-electron chi connectivity index (χ3n) is 3.53. The molecule has 1 saturated heterocycles.